The zero-order valence-electron chi connectivity index (χ0n) is 11.2. The molecule has 0 amide bonds. The second-order valence-corrected chi connectivity index (χ2v) is 5.15. The summed E-state index contributed by atoms with van der Waals surface area (Å²) in [6, 6.07) is 9.13. The van der Waals surface area contributed by atoms with Gasteiger partial charge in [0.15, 0.2) is 0 Å². The first kappa shape index (κ1) is 13.5. The summed E-state index contributed by atoms with van der Waals surface area (Å²) < 4.78 is 5.09. The van der Waals surface area contributed by atoms with Crippen LogP contribution in [0.5, 0.6) is 0 Å². The standard InChI is InChI=1S/C15H24N2O/c1-18-10-4-9-15(17-16)14-8-3-7-13(11-14)12-5-2-6-12/h3,7-8,11-12,15,17H,2,4-6,9-10,16H2,1H3. The van der Waals surface area contributed by atoms with Gasteiger partial charge in [-0.25, -0.2) is 0 Å². The molecule has 1 aromatic carbocycles. The molecule has 1 aromatic rings. The van der Waals surface area contributed by atoms with Crippen molar-refractivity contribution in [3.8, 4) is 0 Å². The molecule has 0 radical (unpaired) electrons. The largest absolute Gasteiger partial charge is 0.385 e. The quantitative estimate of drug-likeness (QED) is 0.443. The molecule has 18 heavy (non-hydrogen) atoms. The van der Waals surface area contributed by atoms with Gasteiger partial charge in [-0.1, -0.05) is 30.7 Å². The van der Waals surface area contributed by atoms with E-state index in [2.05, 4.69) is 29.7 Å². The lowest BCUT2D eigenvalue weighted by molar-refractivity contribution is 0.189. The maximum atomic E-state index is 5.67. The van der Waals surface area contributed by atoms with E-state index in [-0.39, 0.29) is 6.04 Å². The van der Waals surface area contributed by atoms with Crippen LogP contribution in [0.4, 0.5) is 0 Å². The van der Waals surface area contributed by atoms with Gasteiger partial charge >= 0.3 is 0 Å². The Hall–Kier alpha value is -0.900. The number of nitrogens with two attached hydrogens (primary N) is 1. The summed E-state index contributed by atoms with van der Waals surface area (Å²) >= 11 is 0. The summed E-state index contributed by atoms with van der Waals surface area (Å²) in [6.07, 6.45) is 6.10. The van der Waals surface area contributed by atoms with E-state index in [1.165, 1.54) is 30.4 Å². The molecule has 0 bridgehead atoms. The summed E-state index contributed by atoms with van der Waals surface area (Å²) in [6.45, 7) is 0.792. The zero-order chi connectivity index (χ0) is 12.8. The average molecular weight is 248 g/mol. The van der Waals surface area contributed by atoms with Gasteiger partial charge in [0.1, 0.15) is 0 Å². The predicted octanol–water partition coefficient (Wildman–Crippen LogP) is 2.89. The number of rotatable bonds is 7. The number of methoxy groups -OCH3 is 1. The van der Waals surface area contributed by atoms with Crippen LogP contribution in [0.1, 0.15) is 55.2 Å². The fraction of sp³-hybridized carbons (Fsp3) is 0.600. The SMILES string of the molecule is COCCCC(NN)c1cccc(C2CCC2)c1. The normalized spacial score (nSPS) is 17.4. The van der Waals surface area contributed by atoms with Crippen LogP contribution >= 0.6 is 0 Å². The van der Waals surface area contributed by atoms with Crippen molar-refractivity contribution >= 4 is 0 Å². The summed E-state index contributed by atoms with van der Waals surface area (Å²) in [5, 5.41) is 0. The molecule has 0 aromatic heterocycles. The van der Waals surface area contributed by atoms with Gasteiger partial charge in [0.05, 0.1) is 0 Å². The van der Waals surface area contributed by atoms with Crippen molar-refractivity contribution in [2.24, 2.45) is 5.84 Å². The minimum absolute atomic E-state index is 0.236. The molecule has 0 heterocycles. The predicted molar refractivity (Wildman–Crippen MR) is 74.2 cm³/mol. The highest BCUT2D eigenvalue weighted by atomic mass is 16.5. The molecule has 100 valence electrons. The van der Waals surface area contributed by atoms with E-state index in [0.717, 1.165) is 25.4 Å². The first-order chi connectivity index (χ1) is 8.85. The lowest BCUT2D eigenvalue weighted by atomic mass is 9.79. The van der Waals surface area contributed by atoms with Crippen LogP contribution in [0.25, 0.3) is 0 Å². The van der Waals surface area contributed by atoms with Gasteiger partial charge in [-0.05, 0) is 42.7 Å². The molecule has 1 aliphatic carbocycles. The van der Waals surface area contributed by atoms with Crippen LogP contribution in [0.15, 0.2) is 24.3 Å². The first-order valence-corrected chi connectivity index (χ1v) is 6.90. The molecule has 1 atom stereocenters. The van der Waals surface area contributed by atoms with Gasteiger partial charge in [0.25, 0.3) is 0 Å². The average Bonchev–Trinajstić information content (AvgIpc) is 2.33. The summed E-state index contributed by atoms with van der Waals surface area (Å²) in [5.74, 6) is 6.45. The number of hydrogen-bond donors (Lipinski definition) is 2. The Labute approximate surface area is 110 Å². The van der Waals surface area contributed by atoms with Crippen LogP contribution < -0.4 is 11.3 Å². The highest BCUT2D eigenvalue weighted by molar-refractivity contribution is 5.29. The summed E-state index contributed by atoms with van der Waals surface area (Å²) in [4.78, 5) is 0. The Morgan fingerprint density at radius 1 is 1.44 bits per heavy atom. The van der Waals surface area contributed by atoms with E-state index in [1.54, 1.807) is 7.11 Å². The summed E-state index contributed by atoms with van der Waals surface area (Å²) in [7, 11) is 1.74. The fourth-order valence-corrected chi connectivity index (χ4v) is 2.55. The topological polar surface area (TPSA) is 47.3 Å². The van der Waals surface area contributed by atoms with Crippen molar-refractivity contribution in [2.75, 3.05) is 13.7 Å². The second-order valence-electron chi connectivity index (χ2n) is 5.15. The van der Waals surface area contributed by atoms with Crippen molar-refractivity contribution in [2.45, 2.75) is 44.1 Å². The lowest BCUT2D eigenvalue weighted by Crippen LogP contribution is -2.28. The van der Waals surface area contributed by atoms with Crippen LogP contribution in [-0.4, -0.2) is 13.7 Å². The van der Waals surface area contributed by atoms with Gasteiger partial charge < -0.3 is 4.74 Å². The molecule has 1 fully saturated rings. The van der Waals surface area contributed by atoms with Gasteiger partial charge in [-0.15, -0.1) is 0 Å². The first-order valence-electron chi connectivity index (χ1n) is 6.90. The van der Waals surface area contributed by atoms with Gasteiger partial charge in [-0.2, -0.15) is 0 Å². The van der Waals surface area contributed by atoms with Crippen molar-refractivity contribution < 1.29 is 4.74 Å². The highest BCUT2D eigenvalue weighted by Gasteiger charge is 2.20. The van der Waals surface area contributed by atoms with E-state index >= 15 is 0 Å². The van der Waals surface area contributed by atoms with Crippen molar-refractivity contribution in [1.82, 2.24) is 5.43 Å². The molecule has 0 aliphatic heterocycles. The third-order valence-corrected chi connectivity index (χ3v) is 3.93. The Bertz CT molecular complexity index is 363. The van der Waals surface area contributed by atoms with E-state index in [1.807, 2.05) is 0 Å². The Kier molecular flexibility index (Phi) is 5.17. The van der Waals surface area contributed by atoms with Crippen molar-refractivity contribution in [3.63, 3.8) is 0 Å². The smallest absolute Gasteiger partial charge is 0.0462 e. The molecule has 3 nitrogen and oxygen atoms in total. The third kappa shape index (κ3) is 3.31. The fourth-order valence-electron chi connectivity index (χ4n) is 2.55. The Balaban J connectivity index is 2.00. The maximum Gasteiger partial charge on any atom is 0.0462 e. The Morgan fingerprint density at radius 3 is 2.89 bits per heavy atom. The molecule has 0 spiro atoms. The van der Waals surface area contributed by atoms with Crippen LogP contribution in [0.3, 0.4) is 0 Å². The molecule has 1 unspecified atom stereocenters. The molecule has 1 aliphatic rings. The number of hydrogen-bond acceptors (Lipinski definition) is 3. The van der Waals surface area contributed by atoms with E-state index < -0.39 is 0 Å². The third-order valence-electron chi connectivity index (χ3n) is 3.93. The number of ether oxygens (including phenoxy) is 1. The van der Waals surface area contributed by atoms with Gasteiger partial charge in [0, 0.05) is 19.8 Å². The highest BCUT2D eigenvalue weighted by Crippen LogP contribution is 2.37. The molecule has 3 N–H and O–H groups in total. The van der Waals surface area contributed by atoms with E-state index in [4.69, 9.17) is 10.6 Å². The molecule has 1 saturated carbocycles. The lowest BCUT2D eigenvalue weighted by Gasteiger charge is -2.27. The maximum absolute atomic E-state index is 5.67. The van der Waals surface area contributed by atoms with Crippen LogP contribution in [-0.2, 0) is 4.74 Å². The monoisotopic (exact) mass is 248 g/mol. The van der Waals surface area contributed by atoms with E-state index in [0.29, 0.717) is 0 Å². The molecule has 0 saturated heterocycles. The number of benzene rings is 1. The minimum atomic E-state index is 0.236. The van der Waals surface area contributed by atoms with Crippen LogP contribution in [0, 0.1) is 0 Å². The zero-order valence-corrected chi connectivity index (χ0v) is 11.2. The van der Waals surface area contributed by atoms with E-state index in [9.17, 15) is 0 Å². The van der Waals surface area contributed by atoms with Crippen molar-refractivity contribution in [1.29, 1.82) is 0 Å². The number of nitrogens with one attached hydrogen (secondary N) is 1. The molecular weight excluding hydrogens is 224 g/mol. The molecule has 3 heteroatoms. The second kappa shape index (κ2) is 6.88. The van der Waals surface area contributed by atoms with Crippen LogP contribution in [0.2, 0.25) is 0 Å². The minimum Gasteiger partial charge on any atom is -0.385 e. The Morgan fingerprint density at radius 2 is 2.28 bits per heavy atom. The molecular formula is C15H24N2O. The summed E-state index contributed by atoms with van der Waals surface area (Å²) in [5.41, 5.74) is 5.71. The van der Waals surface area contributed by atoms with Gasteiger partial charge in [0.2, 0.25) is 0 Å². The number of hydrazine groups is 1. The van der Waals surface area contributed by atoms with Crippen molar-refractivity contribution in [3.05, 3.63) is 35.4 Å². The van der Waals surface area contributed by atoms with Gasteiger partial charge in [-0.3, -0.25) is 11.3 Å². The molecule has 2 rings (SSSR count).